The highest BCUT2D eigenvalue weighted by Crippen LogP contribution is 2.42. The average molecular weight is 531 g/mol. The van der Waals surface area contributed by atoms with Crippen molar-refractivity contribution in [3.8, 4) is 0 Å². The van der Waals surface area contributed by atoms with Gasteiger partial charge in [-0.3, -0.25) is 9.35 Å². The Balaban J connectivity index is 1.51. The third-order valence-electron chi connectivity index (χ3n) is 6.09. The first kappa shape index (κ1) is 26.2. The molecule has 1 aromatic heterocycles. The Morgan fingerprint density at radius 3 is 2.64 bits per heavy atom. The smallest absolute Gasteiger partial charge is 0.407 e. The van der Waals surface area contributed by atoms with Crippen LogP contribution in [0.25, 0.3) is 0 Å². The molecule has 4 atom stereocenters. The molecule has 2 aliphatic carbocycles. The van der Waals surface area contributed by atoms with Gasteiger partial charge in [-0.2, -0.15) is 0 Å². The lowest BCUT2D eigenvalue weighted by molar-refractivity contribution is -0.123. The molecule has 1 fully saturated rings. The number of ether oxygens (including phenoxy) is 1. The zero-order valence-corrected chi connectivity index (χ0v) is 21.5. The maximum atomic E-state index is 13.4. The predicted octanol–water partition coefficient (Wildman–Crippen LogP) is 3.52. The van der Waals surface area contributed by atoms with Crippen LogP contribution in [0.15, 0.2) is 59.5 Å². The molecule has 0 bridgehead atoms. The first-order valence-electron chi connectivity index (χ1n) is 11.8. The Morgan fingerprint density at radius 2 is 2.00 bits per heavy atom. The van der Waals surface area contributed by atoms with Crippen molar-refractivity contribution in [3.63, 3.8) is 0 Å². The minimum atomic E-state index is -2.09. The van der Waals surface area contributed by atoms with E-state index in [2.05, 4.69) is 15.4 Å². The molecule has 192 valence electrons. The molecule has 0 saturated heterocycles. The van der Waals surface area contributed by atoms with Crippen molar-refractivity contribution >= 4 is 34.6 Å². The third-order valence-corrected chi connectivity index (χ3v) is 7.61. The van der Waals surface area contributed by atoms with E-state index in [9.17, 15) is 13.8 Å². The van der Waals surface area contributed by atoms with Crippen LogP contribution in [-0.2, 0) is 27.2 Å². The summed E-state index contributed by atoms with van der Waals surface area (Å²) in [4.78, 5) is 30.3. The second-order valence-electron chi connectivity index (χ2n) is 8.88. The average Bonchev–Trinajstić information content (AvgIpc) is 3.61. The molecule has 0 aliphatic heterocycles. The molecule has 2 unspecified atom stereocenters. The number of methoxy groups -OCH3 is 1. The van der Waals surface area contributed by atoms with Crippen LogP contribution < -0.4 is 15.4 Å². The monoisotopic (exact) mass is 530 g/mol. The van der Waals surface area contributed by atoms with E-state index in [0.29, 0.717) is 25.2 Å². The van der Waals surface area contributed by atoms with Crippen LogP contribution in [0.2, 0.25) is 0 Å². The summed E-state index contributed by atoms with van der Waals surface area (Å²) in [6, 6.07) is 8.02. The highest BCUT2D eigenvalue weighted by molar-refractivity contribution is 7.77. The van der Waals surface area contributed by atoms with E-state index in [1.54, 1.807) is 11.3 Å². The lowest BCUT2D eigenvalue weighted by atomic mass is 9.96. The Morgan fingerprint density at radius 1 is 1.22 bits per heavy atom. The van der Waals surface area contributed by atoms with Gasteiger partial charge in [-0.15, -0.1) is 11.3 Å². The number of amides is 2. The summed E-state index contributed by atoms with van der Waals surface area (Å²) in [7, 11) is 1.26. The van der Waals surface area contributed by atoms with Gasteiger partial charge in [0.2, 0.25) is 17.2 Å². The van der Waals surface area contributed by atoms with Crippen LogP contribution in [0.3, 0.4) is 0 Å². The number of nitrogens with zero attached hydrogens (tertiary/aromatic N) is 1. The number of thiazole rings is 1. The number of nitrogens with one attached hydrogen (secondary N) is 3. The molecular formula is C25H30N4O5S2. The van der Waals surface area contributed by atoms with Gasteiger partial charge in [0, 0.05) is 23.8 Å². The standard InChI is InChI=1S/C25H30N4O5S2/c1-34-25(31)28-21(14-16-5-3-2-4-6-16)23(30)26-20(22-15-35-24(27-22)18-9-10-18)13-17-7-11-19(12-8-17)29-36(32)33/h2-8,11,15,18-21,29H,9-10,12-14H2,1H3,(H,26,30)(H,28,31)(H,32,33)/t19?,20-,21-/m0/s1. The predicted molar refractivity (Wildman–Crippen MR) is 139 cm³/mol. The number of carbonyl (C=O) groups is 2. The van der Waals surface area contributed by atoms with Gasteiger partial charge in [0.05, 0.1) is 23.9 Å². The van der Waals surface area contributed by atoms with Crippen LogP contribution in [0.5, 0.6) is 0 Å². The number of carbonyl (C=O) groups excluding carboxylic acids is 2. The van der Waals surface area contributed by atoms with Gasteiger partial charge in [0.15, 0.2) is 0 Å². The van der Waals surface area contributed by atoms with Crippen LogP contribution >= 0.6 is 11.3 Å². The summed E-state index contributed by atoms with van der Waals surface area (Å²) in [5.74, 6) is 0.178. The molecule has 4 rings (SSSR count). The number of aromatic nitrogens is 1. The topological polar surface area (TPSA) is 130 Å². The van der Waals surface area contributed by atoms with E-state index in [-0.39, 0.29) is 11.9 Å². The minimum absolute atomic E-state index is 0.229. The molecule has 36 heavy (non-hydrogen) atoms. The van der Waals surface area contributed by atoms with E-state index in [1.165, 1.54) is 7.11 Å². The molecule has 2 amide bonds. The SMILES string of the molecule is COC(=O)N[C@@H](Cc1ccccc1)C(=O)N[C@@H](CC1=CCC(NS(=O)O)C=C1)c1csc(C2CC2)n1. The Kier molecular flexibility index (Phi) is 9.03. The Bertz CT molecular complexity index is 1150. The quantitative estimate of drug-likeness (QED) is 0.329. The molecule has 1 aromatic carbocycles. The molecule has 2 aromatic rings. The molecule has 4 N–H and O–H groups in total. The Labute approximate surface area is 216 Å². The summed E-state index contributed by atoms with van der Waals surface area (Å²) < 4.78 is 27.4. The van der Waals surface area contributed by atoms with Crippen molar-refractivity contribution in [1.82, 2.24) is 20.3 Å². The minimum Gasteiger partial charge on any atom is -0.453 e. The second-order valence-corrected chi connectivity index (χ2v) is 10.5. The van der Waals surface area contributed by atoms with Crippen molar-refractivity contribution in [1.29, 1.82) is 0 Å². The zero-order chi connectivity index (χ0) is 25.5. The van der Waals surface area contributed by atoms with E-state index in [4.69, 9.17) is 14.3 Å². The second kappa shape index (κ2) is 12.4. The van der Waals surface area contributed by atoms with Crippen LogP contribution in [0.1, 0.15) is 53.9 Å². The van der Waals surface area contributed by atoms with E-state index in [1.807, 2.05) is 53.9 Å². The van der Waals surface area contributed by atoms with Crippen LogP contribution in [0, 0.1) is 0 Å². The van der Waals surface area contributed by atoms with Gasteiger partial charge in [-0.1, -0.05) is 48.6 Å². The van der Waals surface area contributed by atoms with Gasteiger partial charge in [-0.05, 0) is 36.8 Å². The number of rotatable bonds is 11. The maximum Gasteiger partial charge on any atom is 0.407 e. The number of hydrogen-bond donors (Lipinski definition) is 4. The molecule has 9 nitrogen and oxygen atoms in total. The number of hydrogen-bond acceptors (Lipinski definition) is 6. The first-order valence-corrected chi connectivity index (χ1v) is 13.8. The highest BCUT2D eigenvalue weighted by atomic mass is 32.2. The van der Waals surface area contributed by atoms with Gasteiger partial charge >= 0.3 is 6.09 Å². The van der Waals surface area contributed by atoms with E-state index in [0.717, 1.165) is 34.7 Å². The van der Waals surface area contributed by atoms with Crippen molar-refractivity contribution in [2.75, 3.05) is 7.11 Å². The van der Waals surface area contributed by atoms with Crippen LogP contribution in [0.4, 0.5) is 4.79 Å². The largest absolute Gasteiger partial charge is 0.453 e. The summed E-state index contributed by atoms with van der Waals surface area (Å²) in [5, 5.41) is 8.83. The third kappa shape index (κ3) is 7.57. The van der Waals surface area contributed by atoms with Crippen molar-refractivity contribution < 1.29 is 23.1 Å². The van der Waals surface area contributed by atoms with Gasteiger partial charge in [0.25, 0.3) is 0 Å². The summed E-state index contributed by atoms with van der Waals surface area (Å²) in [6.45, 7) is 0. The van der Waals surface area contributed by atoms with Crippen molar-refractivity contribution in [2.24, 2.45) is 0 Å². The van der Waals surface area contributed by atoms with Crippen LogP contribution in [-0.4, -0.2) is 44.9 Å². The Hall–Kier alpha value is -2.86. The fourth-order valence-corrected chi connectivity index (χ4v) is 5.49. The first-order chi connectivity index (χ1) is 17.4. The molecular weight excluding hydrogens is 500 g/mol. The molecule has 1 heterocycles. The summed E-state index contributed by atoms with van der Waals surface area (Å²) >= 11 is -0.479. The molecule has 11 heteroatoms. The highest BCUT2D eigenvalue weighted by Gasteiger charge is 2.30. The van der Waals surface area contributed by atoms with Gasteiger partial charge in [-0.25, -0.2) is 18.7 Å². The molecule has 0 radical (unpaired) electrons. The van der Waals surface area contributed by atoms with E-state index < -0.39 is 29.4 Å². The number of allylic oxidation sites excluding steroid dienone is 1. The fraction of sp³-hybridized carbons (Fsp3) is 0.400. The summed E-state index contributed by atoms with van der Waals surface area (Å²) in [6.07, 6.45) is 8.71. The summed E-state index contributed by atoms with van der Waals surface area (Å²) in [5.41, 5.74) is 2.69. The normalized spacial score (nSPS) is 19.6. The van der Waals surface area contributed by atoms with E-state index >= 15 is 0 Å². The number of alkyl carbamates (subject to hydrolysis) is 1. The van der Waals surface area contributed by atoms with Crippen molar-refractivity contribution in [3.05, 3.63) is 75.8 Å². The fourth-order valence-electron chi connectivity index (χ4n) is 4.01. The number of benzene rings is 1. The molecule has 0 spiro atoms. The van der Waals surface area contributed by atoms with Gasteiger partial charge < -0.3 is 15.4 Å². The van der Waals surface area contributed by atoms with Crippen molar-refractivity contribution in [2.45, 2.75) is 56.1 Å². The molecule has 1 saturated carbocycles. The molecule has 2 aliphatic rings. The lowest BCUT2D eigenvalue weighted by Gasteiger charge is -2.24. The maximum absolute atomic E-state index is 13.4. The lowest BCUT2D eigenvalue weighted by Crippen LogP contribution is -2.49. The van der Waals surface area contributed by atoms with Gasteiger partial charge in [0.1, 0.15) is 6.04 Å². The zero-order valence-electron chi connectivity index (χ0n) is 19.9.